The van der Waals surface area contributed by atoms with Gasteiger partial charge in [-0.15, -0.1) is 0 Å². The van der Waals surface area contributed by atoms with E-state index < -0.39 is 5.79 Å². The van der Waals surface area contributed by atoms with E-state index in [4.69, 9.17) is 14.2 Å². The smallest absolute Gasteiger partial charge is 0.225 e. The van der Waals surface area contributed by atoms with Crippen molar-refractivity contribution in [2.24, 2.45) is 5.92 Å². The van der Waals surface area contributed by atoms with Gasteiger partial charge in [-0.05, 0) is 36.6 Å². The first-order valence-electron chi connectivity index (χ1n) is 9.10. The molecule has 2 fully saturated rings. The lowest BCUT2D eigenvalue weighted by atomic mass is 9.94. The predicted octanol–water partition coefficient (Wildman–Crippen LogP) is 4.37. The minimum Gasteiger partial charge on any atom is -0.381 e. The maximum Gasteiger partial charge on any atom is 0.225 e. The van der Waals surface area contributed by atoms with E-state index in [1.807, 2.05) is 11.8 Å². The molecule has 2 aromatic carbocycles. The van der Waals surface area contributed by atoms with Gasteiger partial charge in [-0.2, -0.15) is 0 Å². The van der Waals surface area contributed by atoms with E-state index in [9.17, 15) is 0 Å². The molecular formula is C21H22O3S. The Kier molecular flexibility index (Phi) is 3.90. The minimum atomic E-state index is -0.768. The van der Waals surface area contributed by atoms with Gasteiger partial charge in [0, 0.05) is 33.4 Å². The summed E-state index contributed by atoms with van der Waals surface area (Å²) in [7, 11) is 0. The highest BCUT2D eigenvalue weighted by Gasteiger charge is 2.51. The maximum atomic E-state index is 6.71. The number of hydrogen-bond acceptors (Lipinski definition) is 4. The first-order valence-corrected chi connectivity index (χ1v) is 9.92. The van der Waals surface area contributed by atoms with Crippen LogP contribution in [0.2, 0.25) is 0 Å². The molecule has 5 rings (SSSR count). The van der Waals surface area contributed by atoms with E-state index in [-0.39, 0.29) is 6.10 Å². The van der Waals surface area contributed by atoms with Crippen LogP contribution in [0.25, 0.3) is 0 Å². The Morgan fingerprint density at radius 2 is 1.96 bits per heavy atom. The molecule has 0 bridgehead atoms. The molecule has 3 aliphatic heterocycles. The van der Waals surface area contributed by atoms with Crippen molar-refractivity contribution < 1.29 is 14.2 Å². The Bertz CT molecular complexity index is 799. The second-order valence-corrected chi connectivity index (χ2v) is 8.07. The third-order valence-electron chi connectivity index (χ3n) is 5.53. The van der Waals surface area contributed by atoms with E-state index in [1.165, 1.54) is 15.4 Å². The Hall–Kier alpha value is -1.33. The zero-order valence-corrected chi connectivity index (χ0v) is 15.2. The van der Waals surface area contributed by atoms with Crippen molar-refractivity contribution in [2.75, 3.05) is 19.8 Å². The molecule has 2 aromatic rings. The summed E-state index contributed by atoms with van der Waals surface area (Å²) in [6, 6.07) is 15.2. The predicted molar refractivity (Wildman–Crippen MR) is 96.9 cm³/mol. The molecule has 0 N–H and O–H groups in total. The van der Waals surface area contributed by atoms with Crippen molar-refractivity contribution in [3.05, 3.63) is 59.2 Å². The van der Waals surface area contributed by atoms with Crippen molar-refractivity contribution >= 4 is 11.8 Å². The van der Waals surface area contributed by atoms with Gasteiger partial charge >= 0.3 is 0 Å². The van der Waals surface area contributed by atoms with Crippen LogP contribution in [0.5, 0.6) is 0 Å². The summed E-state index contributed by atoms with van der Waals surface area (Å²) >= 11 is 1.81. The summed E-state index contributed by atoms with van der Waals surface area (Å²) in [5, 5.41) is 0. The van der Waals surface area contributed by atoms with Crippen LogP contribution in [0.3, 0.4) is 0 Å². The van der Waals surface area contributed by atoms with Crippen LogP contribution in [0, 0.1) is 5.92 Å². The standard InChI is InChI=1S/C21H22O3S/c1-2-14-7-8-20-17(11-14)21(16-5-3-4-6-19(16)25-20)23-13-18(24-21)15-9-10-22-12-15/h3-8,11,15,18H,2,9-10,12-13H2,1H3. The molecule has 3 heterocycles. The van der Waals surface area contributed by atoms with E-state index in [1.54, 1.807) is 0 Å². The molecule has 0 radical (unpaired) electrons. The van der Waals surface area contributed by atoms with Gasteiger partial charge in [-0.25, -0.2) is 0 Å². The van der Waals surface area contributed by atoms with Crippen LogP contribution in [-0.2, 0) is 26.4 Å². The van der Waals surface area contributed by atoms with Gasteiger partial charge in [-0.3, -0.25) is 0 Å². The van der Waals surface area contributed by atoms with Gasteiger partial charge < -0.3 is 14.2 Å². The second-order valence-electron chi connectivity index (χ2n) is 6.99. The van der Waals surface area contributed by atoms with Crippen LogP contribution >= 0.6 is 11.8 Å². The fourth-order valence-electron chi connectivity index (χ4n) is 4.08. The number of hydrogen-bond donors (Lipinski definition) is 0. The van der Waals surface area contributed by atoms with Crippen molar-refractivity contribution in [3.63, 3.8) is 0 Å². The Morgan fingerprint density at radius 1 is 1.08 bits per heavy atom. The third kappa shape index (κ3) is 2.47. The summed E-state index contributed by atoms with van der Waals surface area (Å²) in [5.74, 6) is -0.339. The third-order valence-corrected chi connectivity index (χ3v) is 6.68. The van der Waals surface area contributed by atoms with Gasteiger partial charge in [0.15, 0.2) is 0 Å². The average molecular weight is 354 g/mol. The molecule has 0 saturated carbocycles. The zero-order valence-electron chi connectivity index (χ0n) is 14.4. The monoisotopic (exact) mass is 354 g/mol. The largest absolute Gasteiger partial charge is 0.381 e. The summed E-state index contributed by atoms with van der Waals surface area (Å²) < 4.78 is 18.8. The van der Waals surface area contributed by atoms with Crippen LogP contribution in [0.15, 0.2) is 52.3 Å². The van der Waals surface area contributed by atoms with Gasteiger partial charge in [0.25, 0.3) is 0 Å². The first-order chi connectivity index (χ1) is 12.3. The number of benzene rings is 2. The highest BCUT2D eigenvalue weighted by atomic mass is 32.2. The molecule has 0 aromatic heterocycles. The van der Waals surface area contributed by atoms with Crippen molar-refractivity contribution in [1.82, 2.24) is 0 Å². The molecule has 1 spiro atoms. The van der Waals surface area contributed by atoms with Crippen molar-refractivity contribution in [2.45, 2.75) is 41.4 Å². The Morgan fingerprint density at radius 3 is 2.80 bits per heavy atom. The van der Waals surface area contributed by atoms with Crippen molar-refractivity contribution in [1.29, 1.82) is 0 Å². The van der Waals surface area contributed by atoms with E-state index in [0.29, 0.717) is 12.5 Å². The van der Waals surface area contributed by atoms with E-state index in [0.717, 1.165) is 37.2 Å². The van der Waals surface area contributed by atoms with Crippen LogP contribution < -0.4 is 0 Å². The minimum absolute atomic E-state index is 0.0942. The fraction of sp³-hybridized carbons (Fsp3) is 0.429. The van der Waals surface area contributed by atoms with Crippen LogP contribution in [0.1, 0.15) is 30.0 Å². The molecule has 0 aliphatic carbocycles. The van der Waals surface area contributed by atoms with E-state index >= 15 is 0 Å². The topological polar surface area (TPSA) is 27.7 Å². The summed E-state index contributed by atoms with van der Waals surface area (Å²) in [6.07, 6.45) is 2.16. The van der Waals surface area contributed by atoms with Gasteiger partial charge in [0.2, 0.25) is 5.79 Å². The molecule has 4 heteroatoms. The van der Waals surface area contributed by atoms with E-state index in [2.05, 4.69) is 49.4 Å². The maximum absolute atomic E-state index is 6.71. The number of rotatable bonds is 2. The molecule has 2 saturated heterocycles. The summed E-state index contributed by atoms with van der Waals surface area (Å²) in [6.45, 7) is 4.43. The first kappa shape index (κ1) is 15.9. The van der Waals surface area contributed by atoms with Crippen LogP contribution in [-0.4, -0.2) is 25.9 Å². The second kappa shape index (κ2) is 6.13. The average Bonchev–Trinajstić information content (AvgIpc) is 3.32. The fourth-order valence-corrected chi connectivity index (χ4v) is 5.21. The molecule has 0 amide bonds. The van der Waals surface area contributed by atoms with Gasteiger partial charge in [0.05, 0.1) is 19.3 Å². The number of fused-ring (bicyclic) bond motifs is 4. The molecule has 130 valence electrons. The normalized spacial score (nSPS) is 30.4. The zero-order chi connectivity index (χ0) is 16.9. The van der Waals surface area contributed by atoms with Crippen molar-refractivity contribution in [3.8, 4) is 0 Å². The molecule has 3 unspecified atom stereocenters. The quantitative estimate of drug-likeness (QED) is 0.801. The summed E-state index contributed by atoms with van der Waals surface area (Å²) in [4.78, 5) is 2.46. The lowest BCUT2D eigenvalue weighted by molar-refractivity contribution is -0.152. The Labute approximate surface area is 152 Å². The molecule has 25 heavy (non-hydrogen) atoms. The SMILES string of the molecule is CCc1ccc2c(c1)C1(OCC(C3CCOC3)O1)c1ccccc1S2. The molecule has 3 aliphatic rings. The van der Waals surface area contributed by atoms with Gasteiger partial charge in [-0.1, -0.05) is 43.0 Å². The lowest BCUT2D eigenvalue weighted by Gasteiger charge is -2.36. The number of ether oxygens (including phenoxy) is 3. The molecule has 3 atom stereocenters. The Balaban J connectivity index is 1.63. The summed E-state index contributed by atoms with van der Waals surface area (Å²) in [5.41, 5.74) is 3.62. The number of aryl methyl sites for hydroxylation is 1. The lowest BCUT2D eigenvalue weighted by Crippen LogP contribution is -2.34. The van der Waals surface area contributed by atoms with Crippen LogP contribution in [0.4, 0.5) is 0 Å². The molecular weight excluding hydrogens is 332 g/mol. The van der Waals surface area contributed by atoms with Gasteiger partial charge in [0.1, 0.15) is 0 Å². The molecule has 3 nitrogen and oxygen atoms in total. The highest BCUT2D eigenvalue weighted by molar-refractivity contribution is 7.99. The highest BCUT2D eigenvalue weighted by Crippen LogP contribution is 2.53.